The second kappa shape index (κ2) is 6.30. The summed E-state index contributed by atoms with van der Waals surface area (Å²) in [5.74, 6) is -1.86. The predicted molar refractivity (Wildman–Crippen MR) is 65.4 cm³/mol. The molecular formula is C11H14ClN3O3. The van der Waals surface area contributed by atoms with Gasteiger partial charge in [-0.2, -0.15) is 0 Å². The molecule has 7 heteroatoms. The SMILES string of the molecule is CCC(C)C(NC(=O)c1cncc(Cl)n1)C(=O)O. The van der Waals surface area contributed by atoms with Crippen LogP contribution >= 0.6 is 11.6 Å². The molecule has 0 radical (unpaired) electrons. The molecule has 98 valence electrons. The number of aromatic nitrogens is 2. The first-order valence-corrected chi connectivity index (χ1v) is 5.84. The van der Waals surface area contributed by atoms with E-state index in [0.29, 0.717) is 6.42 Å². The number of hydrogen-bond donors (Lipinski definition) is 2. The molecule has 0 aliphatic heterocycles. The van der Waals surface area contributed by atoms with Gasteiger partial charge in [-0.3, -0.25) is 9.78 Å². The number of carboxylic acids is 1. The molecule has 0 saturated heterocycles. The molecule has 6 nitrogen and oxygen atoms in total. The molecular weight excluding hydrogens is 258 g/mol. The largest absolute Gasteiger partial charge is 0.480 e. The monoisotopic (exact) mass is 271 g/mol. The van der Waals surface area contributed by atoms with E-state index in [-0.39, 0.29) is 16.8 Å². The summed E-state index contributed by atoms with van der Waals surface area (Å²) in [6.07, 6.45) is 3.16. The van der Waals surface area contributed by atoms with Crippen LogP contribution in [0, 0.1) is 5.92 Å². The lowest BCUT2D eigenvalue weighted by molar-refractivity contribution is -0.140. The Labute approximate surface area is 109 Å². The van der Waals surface area contributed by atoms with E-state index >= 15 is 0 Å². The fourth-order valence-electron chi connectivity index (χ4n) is 1.35. The van der Waals surface area contributed by atoms with Gasteiger partial charge in [-0.05, 0) is 5.92 Å². The van der Waals surface area contributed by atoms with Crippen molar-refractivity contribution in [1.29, 1.82) is 0 Å². The molecule has 0 saturated carbocycles. The van der Waals surface area contributed by atoms with Crippen molar-refractivity contribution in [2.24, 2.45) is 5.92 Å². The van der Waals surface area contributed by atoms with Crippen LogP contribution in [0.15, 0.2) is 12.4 Å². The van der Waals surface area contributed by atoms with Crippen molar-refractivity contribution < 1.29 is 14.7 Å². The lowest BCUT2D eigenvalue weighted by Crippen LogP contribution is -2.45. The van der Waals surface area contributed by atoms with Crippen LogP contribution < -0.4 is 5.32 Å². The lowest BCUT2D eigenvalue weighted by atomic mass is 9.99. The first kappa shape index (κ1) is 14.4. The quantitative estimate of drug-likeness (QED) is 0.843. The zero-order valence-corrected chi connectivity index (χ0v) is 10.8. The maximum absolute atomic E-state index is 11.8. The maximum Gasteiger partial charge on any atom is 0.326 e. The highest BCUT2D eigenvalue weighted by molar-refractivity contribution is 6.29. The average molecular weight is 272 g/mol. The summed E-state index contributed by atoms with van der Waals surface area (Å²) < 4.78 is 0. The number of nitrogens with one attached hydrogen (secondary N) is 1. The smallest absolute Gasteiger partial charge is 0.326 e. The predicted octanol–water partition coefficient (Wildman–Crippen LogP) is 1.36. The molecule has 2 atom stereocenters. The third kappa shape index (κ3) is 3.66. The van der Waals surface area contributed by atoms with Crippen LogP contribution in [-0.2, 0) is 4.79 Å². The molecule has 1 aromatic rings. The third-order valence-electron chi connectivity index (χ3n) is 2.60. The number of carboxylic acid groups (broad SMARTS) is 1. The van der Waals surface area contributed by atoms with Crippen LogP contribution in [0.25, 0.3) is 0 Å². The van der Waals surface area contributed by atoms with Crippen molar-refractivity contribution in [2.45, 2.75) is 26.3 Å². The molecule has 0 fully saturated rings. The van der Waals surface area contributed by atoms with E-state index in [1.54, 1.807) is 6.92 Å². The standard InChI is InChI=1S/C11H14ClN3O3/c1-3-6(2)9(11(17)18)15-10(16)7-4-13-5-8(12)14-7/h4-6,9H,3H2,1-2H3,(H,15,16)(H,17,18). The van der Waals surface area contributed by atoms with Crippen molar-refractivity contribution in [2.75, 3.05) is 0 Å². The zero-order chi connectivity index (χ0) is 13.7. The van der Waals surface area contributed by atoms with E-state index in [1.165, 1.54) is 12.4 Å². The molecule has 0 aliphatic rings. The molecule has 0 bridgehead atoms. The Morgan fingerprint density at radius 1 is 1.50 bits per heavy atom. The van der Waals surface area contributed by atoms with Crippen molar-refractivity contribution in [1.82, 2.24) is 15.3 Å². The Morgan fingerprint density at radius 2 is 2.17 bits per heavy atom. The van der Waals surface area contributed by atoms with Crippen LogP contribution in [0.4, 0.5) is 0 Å². The minimum absolute atomic E-state index is 0.00273. The van der Waals surface area contributed by atoms with E-state index in [2.05, 4.69) is 15.3 Å². The van der Waals surface area contributed by atoms with Crippen LogP contribution in [0.1, 0.15) is 30.8 Å². The summed E-state index contributed by atoms with van der Waals surface area (Å²) in [4.78, 5) is 30.3. The van der Waals surface area contributed by atoms with E-state index in [4.69, 9.17) is 16.7 Å². The number of nitrogens with zero attached hydrogens (tertiary/aromatic N) is 2. The van der Waals surface area contributed by atoms with Gasteiger partial charge in [0.1, 0.15) is 16.9 Å². The van der Waals surface area contributed by atoms with Gasteiger partial charge in [0.25, 0.3) is 5.91 Å². The number of halogens is 1. The second-order valence-electron chi connectivity index (χ2n) is 3.90. The van der Waals surface area contributed by atoms with Gasteiger partial charge in [-0.1, -0.05) is 31.9 Å². The van der Waals surface area contributed by atoms with Gasteiger partial charge < -0.3 is 10.4 Å². The number of aliphatic carboxylic acids is 1. The Morgan fingerprint density at radius 3 is 2.67 bits per heavy atom. The summed E-state index contributed by atoms with van der Waals surface area (Å²) in [5, 5.41) is 11.5. The molecule has 18 heavy (non-hydrogen) atoms. The Hall–Kier alpha value is -1.69. The minimum Gasteiger partial charge on any atom is -0.480 e. The van der Waals surface area contributed by atoms with Gasteiger partial charge in [0.05, 0.1) is 12.4 Å². The number of rotatable bonds is 5. The lowest BCUT2D eigenvalue weighted by Gasteiger charge is -2.19. The summed E-state index contributed by atoms with van der Waals surface area (Å²) in [5.41, 5.74) is -0.00273. The molecule has 0 aromatic carbocycles. The summed E-state index contributed by atoms with van der Waals surface area (Å²) in [7, 11) is 0. The van der Waals surface area contributed by atoms with Crippen molar-refractivity contribution in [3.63, 3.8) is 0 Å². The van der Waals surface area contributed by atoms with Gasteiger partial charge in [0.2, 0.25) is 0 Å². The zero-order valence-electron chi connectivity index (χ0n) is 10.1. The summed E-state index contributed by atoms with van der Waals surface area (Å²) in [6.45, 7) is 3.61. The van der Waals surface area contributed by atoms with Crippen LogP contribution in [0.5, 0.6) is 0 Å². The van der Waals surface area contributed by atoms with Gasteiger partial charge in [0.15, 0.2) is 0 Å². The average Bonchev–Trinajstić information content (AvgIpc) is 2.34. The number of carbonyl (C=O) groups excluding carboxylic acids is 1. The Kier molecular flexibility index (Phi) is 5.03. The first-order chi connectivity index (χ1) is 8.45. The van der Waals surface area contributed by atoms with Gasteiger partial charge in [-0.25, -0.2) is 9.78 Å². The van der Waals surface area contributed by atoms with Crippen LogP contribution in [0.3, 0.4) is 0 Å². The van der Waals surface area contributed by atoms with Crippen molar-refractivity contribution in [3.05, 3.63) is 23.2 Å². The molecule has 0 spiro atoms. The minimum atomic E-state index is -1.08. The fraction of sp³-hybridized carbons (Fsp3) is 0.455. The van der Waals surface area contributed by atoms with E-state index in [9.17, 15) is 9.59 Å². The molecule has 1 heterocycles. The highest BCUT2D eigenvalue weighted by Crippen LogP contribution is 2.09. The Balaban J connectivity index is 2.82. The van der Waals surface area contributed by atoms with E-state index < -0.39 is 17.9 Å². The number of hydrogen-bond acceptors (Lipinski definition) is 4. The van der Waals surface area contributed by atoms with E-state index in [1.807, 2.05) is 6.92 Å². The highest BCUT2D eigenvalue weighted by Gasteiger charge is 2.26. The summed E-state index contributed by atoms with van der Waals surface area (Å²) >= 11 is 5.61. The fourth-order valence-corrected chi connectivity index (χ4v) is 1.50. The number of amides is 1. The topological polar surface area (TPSA) is 92.2 Å². The number of carbonyl (C=O) groups is 2. The first-order valence-electron chi connectivity index (χ1n) is 5.47. The normalized spacial score (nSPS) is 13.7. The molecule has 1 amide bonds. The van der Waals surface area contributed by atoms with Gasteiger partial charge >= 0.3 is 5.97 Å². The second-order valence-corrected chi connectivity index (χ2v) is 4.29. The molecule has 2 N–H and O–H groups in total. The summed E-state index contributed by atoms with van der Waals surface area (Å²) in [6, 6.07) is -0.955. The molecule has 1 aromatic heterocycles. The van der Waals surface area contributed by atoms with Gasteiger partial charge in [-0.15, -0.1) is 0 Å². The molecule has 0 aliphatic carbocycles. The third-order valence-corrected chi connectivity index (χ3v) is 2.79. The highest BCUT2D eigenvalue weighted by atomic mass is 35.5. The maximum atomic E-state index is 11.8. The molecule has 1 rings (SSSR count). The van der Waals surface area contributed by atoms with Crippen molar-refractivity contribution >= 4 is 23.5 Å². The van der Waals surface area contributed by atoms with E-state index in [0.717, 1.165) is 0 Å². The van der Waals surface area contributed by atoms with Crippen molar-refractivity contribution in [3.8, 4) is 0 Å². The van der Waals surface area contributed by atoms with Gasteiger partial charge in [0, 0.05) is 0 Å². The van der Waals surface area contributed by atoms with Crippen LogP contribution in [-0.4, -0.2) is 33.0 Å². The Bertz CT molecular complexity index is 453. The molecule has 2 unspecified atom stereocenters. The van der Waals surface area contributed by atoms with Crippen LogP contribution in [0.2, 0.25) is 5.15 Å².